The van der Waals surface area contributed by atoms with Crippen molar-refractivity contribution in [1.82, 2.24) is 9.55 Å². The third-order valence-electron chi connectivity index (χ3n) is 3.77. The van der Waals surface area contributed by atoms with Crippen molar-refractivity contribution in [3.63, 3.8) is 0 Å². The fraction of sp³-hybridized carbons (Fsp3) is 0.353. The van der Waals surface area contributed by atoms with Crippen LogP contribution in [0.3, 0.4) is 0 Å². The molecule has 0 saturated heterocycles. The number of anilines is 1. The molecule has 2 N–H and O–H groups in total. The molecule has 1 aliphatic rings. The van der Waals surface area contributed by atoms with E-state index in [1.165, 1.54) is 5.56 Å². The number of hydrogen-bond acceptors (Lipinski definition) is 3. The van der Waals surface area contributed by atoms with Crippen molar-refractivity contribution in [3.8, 4) is 29.4 Å². The molecule has 0 saturated carbocycles. The summed E-state index contributed by atoms with van der Waals surface area (Å²) in [6.45, 7) is 3.33. The van der Waals surface area contributed by atoms with Crippen LogP contribution in [0, 0.1) is 12.3 Å². The monoisotopic (exact) mass is 281 g/mol. The molecule has 1 aromatic carbocycles. The molecule has 0 spiro atoms. The molecule has 21 heavy (non-hydrogen) atoms. The zero-order valence-electron chi connectivity index (χ0n) is 12.2. The van der Waals surface area contributed by atoms with Gasteiger partial charge in [-0.1, -0.05) is 12.8 Å². The number of hydrogen-bond donors (Lipinski definition) is 1. The van der Waals surface area contributed by atoms with E-state index in [1.54, 1.807) is 0 Å². The first kappa shape index (κ1) is 13.6. The fourth-order valence-corrected chi connectivity index (χ4v) is 2.74. The van der Waals surface area contributed by atoms with Crippen molar-refractivity contribution >= 4 is 5.82 Å². The first-order valence-corrected chi connectivity index (χ1v) is 7.29. The van der Waals surface area contributed by atoms with Gasteiger partial charge in [-0.2, -0.15) is 0 Å². The van der Waals surface area contributed by atoms with E-state index in [1.807, 2.05) is 16.7 Å². The van der Waals surface area contributed by atoms with Crippen molar-refractivity contribution in [1.29, 1.82) is 0 Å². The molecule has 2 heterocycles. The minimum absolute atomic E-state index is 0.461. The highest BCUT2D eigenvalue weighted by atomic mass is 16.5. The molecular formula is C17H19N3O. The Balaban J connectivity index is 2.06. The van der Waals surface area contributed by atoms with E-state index in [2.05, 4.69) is 18.9 Å². The number of ether oxygens (including phenoxy) is 1. The Morgan fingerprint density at radius 3 is 3.10 bits per heavy atom. The summed E-state index contributed by atoms with van der Waals surface area (Å²) < 4.78 is 7.48. The number of terminal acetylenes is 1. The van der Waals surface area contributed by atoms with Gasteiger partial charge in [0.05, 0.1) is 13.2 Å². The Bertz CT molecular complexity index is 710. The van der Waals surface area contributed by atoms with Gasteiger partial charge in [0.2, 0.25) is 0 Å². The number of fused-ring (bicyclic) bond motifs is 1. The normalized spacial score (nSPS) is 12.8. The van der Waals surface area contributed by atoms with Crippen LogP contribution in [0.2, 0.25) is 0 Å². The third-order valence-corrected chi connectivity index (χ3v) is 3.77. The van der Waals surface area contributed by atoms with Crippen LogP contribution in [0.15, 0.2) is 18.2 Å². The minimum atomic E-state index is 0.461. The SMILES string of the molecule is C#CCn1c(CCC)nc(-c2ccc3c(c2)CCO3)c1N. The van der Waals surface area contributed by atoms with Gasteiger partial charge in [-0.3, -0.25) is 0 Å². The Labute approximate surface area is 124 Å². The van der Waals surface area contributed by atoms with Gasteiger partial charge in [-0.25, -0.2) is 4.98 Å². The molecule has 1 aliphatic heterocycles. The zero-order chi connectivity index (χ0) is 14.8. The van der Waals surface area contributed by atoms with Crippen LogP contribution in [-0.2, 0) is 19.4 Å². The number of aryl methyl sites for hydroxylation is 1. The van der Waals surface area contributed by atoms with Gasteiger partial charge in [0.1, 0.15) is 23.1 Å². The van der Waals surface area contributed by atoms with E-state index in [0.717, 1.165) is 48.7 Å². The van der Waals surface area contributed by atoms with E-state index in [4.69, 9.17) is 21.9 Å². The molecule has 4 nitrogen and oxygen atoms in total. The van der Waals surface area contributed by atoms with E-state index < -0.39 is 0 Å². The molecule has 2 aromatic rings. The van der Waals surface area contributed by atoms with Gasteiger partial charge in [0.25, 0.3) is 0 Å². The molecular weight excluding hydrogens is 262 g/mol. The van der Waals surface area contributed by atoms with Gasteiger partial charge in [0.15, 0.2) is 0 Å². The Hall–Kier alpha value is -2.41. The lowest BCUT2D eigenvalue weighted by atomic mass is 10.1. The molecule has 0 fully saturated rings. The van der Waals surface area contributed by atoms with Crippen LogP contribution in [0.25, 0.3) is 11.3 Å². The van der Waals surface area contributed by atoms with Crippen LogP contribution < -0.4 is 10.5 Å². The smallest absolute Gasteiger partial charge is 0.132 e. The number of imidazole rings is 1. The molecule has 1 aromatic heterocycles. The van der Waals surface area contributed by atoms with Crippen LogP contribution in [0.4, 0.5) is 5.82 Å². The fourth-order valence-electron chi connectivity index (χ4n) is 2.74. The maximum Gasteiger partial charge on any atom is 0.132 e. The van der Waals surface area contributed by atoms with Crippen LogP contribution >= 0.6 is 0 Å². The number of aromatic nitrogens is 2. The average molecular weight is 281 g/mol. The Morgan fingerprint density at radius 1 is 1.48 bits per heavy atom. The summed E-state index contributed by atoms with van der Waals surface area (Å²) in [5.74, 6) is 5.23. The number of benzene rings is 1. The van der Waals surface area contributed by atoms with Crippen LogP contribution in [-0.4, -0.2) is 16.2 Å². The first-order chi connectivity index (χ1) is 10.2. The standard InChI is InChI=1S/C17H19N3O/c1-3-5-15-19-16(17(18)20(15)9-4-2)13-6-7-14-12(11-13)8-10-21-14/h2,6-7,11H,3,5,8-10,18H2,1H3. The van der Waals surface area contributed by atoms with Crippen molar-refractivity contribution in [3.05, 3.63) is 29.6 Å². The summed E-state index contributed by atoms with van der Waals surface area (Å²) in [5, 5.41) is 0. The second kappa shape index (κ2) is 5.53. The van der Waals surface area contributed by atoms with Crippen molar-refractivity contribution < 1.29 is 4.74 Å². The van der Waals surface area contributed by atoms with Crippen LogP contribution in [0.1, 0.15) is 24.7 Å². The predicted molar refractivity (Wildman–Crippen MR) is 84.1 cm³/mol. The largest absolute Gasteiger partial charge is 0.493 e. The molecule has 0 bridgehead atoms. The molecule has 0 amide bonds. The summed E-state index contributed by atoms with van der Waals surface area (Å²) in [4.78, 5) is 4.72. The summed E-state index contributed by atoms with van der Waals surface area (Å²) in [6.07, 6.45) is 8.27. The predicted octanol–water partition coefficient (Wildman–Crippen LogP) is 2.65. The van der Waals surface area contributed by atoms with E-state index in [0.29, 0.717) is 12.4 Å². The first-order valence-electron chi connectivity index (χ1n) is 7.29. The maximum absolute atomic E-state index is 6.27. The van der Waals surface area contributed by atoms with Crippen molar-refractivity contribution in [2.45, 2.75) is 32.7 Å². The lowest BCUT2D eigenvalue weighted by Crippen LogP contribution is -2.06. The second-order valence-electron chi connectivity index (χ2n) is 5.22. The van der Waals surface area contributed by atoms with Gasteiger partial charge < -0.3 is 15.0 Å². The summed E-state index contributed by atoms with van der Waals surface area (Å²) in [6, 6.07) is 6.13. The Kier molecular flexibility index (Phi) is 3.57. The van der Waals surface area contributed by atoms with Gasteiger partial charge in [-0.15, -0.1) is 6.42 Å². The van der Waals surface area contributed by atoms with Crippen molar-refractivity contribution in [2.24, 2.45) is 0 Å². The number of nitrogens with two attached hydrogens (primary N) is 1. The highest BCUT2D eigenvalue weighted by Gasteiger charge is 2.18. The lowest BCUT2D eigenvalue weighted by molar-refractivity contribution is 0.357. The molecule has 0 aliphatic carbocycles. The maximum atomic E-state index is 6.27. The number of nitrogens with zero attached hydrogens (tertiary/aromatic N) is 2. The minimum Gasteiger partial charge on any atom is -0.493 e. The summed E-state index contributed by atoms with van der Waals surface area (Å²) in [7, 11) is 0. The number of rotatable bonds is 4. The molecule has 3 rings (SSSR count). The highest BCUT2D eigenvalue weighted by molar-refractivity contribution is 5.72. The van der Waals surface area contributed by atoms with Crippen molar-refractivity contribution in [2.75, 3.05) is 12.3 Å². The quantitative estimate of drug-likeness (QED) is 0.877. The van der Waals surface area contributed by atoms with Crippen LogP contribution in [0.5, 0.6) is 5.75 Å². The Morgan fingerprint density at radius 2 is 2.33 bits per heavy atom. The number of nitrogen functional groups attached to an aromatic ring is 1. The van der Waals surface area contributed by atoms with E-state index >= 15 is 0 Å². The molecule has 0 radical (unpaired) electrons. The average Bonchev–Trinajstić information content (AvgIpc) is 3.06. The summed E-state index contributed by atoms with van der Waals surface area (Å²) in [5.41, 5.74) is 9.34. The van der Waals surface area contributed by atoms with E-state index in [-0.39, 0.29) is 0 Å². The van der Waals surface area contributed by atoms with E-state index in [9.17, 15) is 0 Å². The third kappa shape index (κ3) is 2.36. The molecule has 108 valence electrons. The highest BCUT2D eigenvalue weighted by Crippen LogP contribution is 2.33. The van der Waals surface area contributed by atoms with Gasteiger partial charge in [-0.05, 0) is 30.2 Å². The van der Waals surface area contributed by atoms with Gasteiger partial charge >= 0.3 is 0 Å². The zero-order valence-corrected chi connectivity index (χ0v) is 12.2. The molecule has 0 atom stereocenters. The second-order valence-corrected chi connectivity index (χ2v) is 5.22. The lowest BCUT2D eigenvalue weighted by Gasteiger charge is -2.05. The molecule has 0 unspecified atom stereocenters. The summed E-state index contributed by atoms with van der Waals surface area (Å²) >= 11 is 0. The van der Waals surface area contributed by atoms with Gasteiger partial charge in [0, 0.05) is 18.4 Å². The topological polar surface area (TPSA) is 53.1 Å². The molecule has 4 heteroatoms.